The highest BCUT2D eigenvalue weighted by Gasteiger charge is 2.14. The third kappa shape index (κ3) is 1.74. The second-order valence-electron chi connectivity index (χ2n) is 3.15. The topological polar surface area (TPSA) is 63.3 Å². The van der Waals surface area contributed by atoms with Crippen LogP contribution < -0.4 is 0 Å². The molecule has 0 bridgehead atoms. The fourth-order valence-electron chi connectivity index (χ4n) is 1.37. The van der Waals surface area contributed by atoms with Gasteiger partial charge in [-0.1, -0.05) is 0 Å². The minimum absolute atomic E-state index is 0.149. The summed E-state index contributed by atoms with van der Waals surface area (Å²) in [7, 11) is 0. The van der Waals surface area contributed by atoms with E-state index in [0.29, 0.717) is 11.3 Å². The van der Waals surface area contributed by atoms with Crippen LogP contribution in [0.3, 0.4) is 0 Å². The molecule has 2 aromatic heterocycles. The summed E-state index contributed by atoms with van der Waals surface area (Å²) in [5.74, 6) is -0.466. The monoisotopic (exact) mass is 203 g/mol. The zero-order chi connectivity index (χ0) is 10.8. The van der Waals surface area contributed by atoms with E-state index in [4.69, 9.17) is 9.52 Å². The van der Waals surface area contributed by atoms with E-state index < -0.39 is 5.97 Å². The van der Waals surface area contributed by atoms with Gasteiger partial charge in [0.15, 0.2) is 0 Å². The number of carbonyl (C=O) groups is 1. The van der Waals surface area contributed by atoms with Gasteiger partial charge in [-0.2, -0.15) is 0 Å². The zero-order valence-corrected chi connectivity index (χ0v) is 8.10. The maximum Gasteiger partial charge on any atom is 0.338 e. The Balaban J connectivity index is 2.63. The van der Waals surface area contributed by atoms with Crippen molar-refractivity contribution in [2.75, 3.05) is 0 Å². The molecule has 2 rings (SSSR count). The number of aryl methyl sites for hydroxylation is 1. The number of aromatic nitrogens is 1. The van der Waals surface area contributed by atoms with Crippen LogP contribution in [-0.2, 0) is 0 Å². The fourth-order valence-corrected chi connectivity index (χ4v) is 1.37. The molecule has 0 atom stereocenters. The Morgan fingerprint density at radius 1 is 1.53 bits per heavy atom. The van der Waals surface area contributed by atoms with Crippen molar-refractivity contribution in [1.29, 1.82) is 0 Å². The molecule has 0 aliphatic carbocycles. The highest BCUT2D eigenvalue weighted by atomic mass is 16.4. The van der Waals surface area contributed by atoms with Crippen molar-refractivity contribution < 1.29 is 14.3 Å². The van der Waals surface area contributed by atoms with E-state index in [2.05, 4.69) is 4.98 Å². The van der Waals surface area contributed by atoms with Gasteiger partial charge in [-0.25, -0.2) is 4.79 Å². The van der Waals surface area contributed by atoms with Gasteiger partial charge in [-0.3, -0.25) is 4.98 Å². The molecule has 2 aromatic rings. The van der Waals surface area contributed by atoms with Gasteiger partial charge in [0.2, 0.25) is 0 Å². The lowest BCUT2D eigenvalue weighted by Gasteiger charge is -2.03. The first kappa shape index (κ1) is 9.45. The number of rotatable bonds is 2. The molecule has 0 saturated heterocycles. The van der Waals surface area contributed by atoms with E-state index in [1.807, 2.05) is 0 Å². The molecule has 0 amide bonds. The summed E-state index contributed by atoms with van der Waals surface area (Å²) in [5, 5.41) is 8.97. The lowest BCUT2D eigenvalue weighted by atomic mass is 10.1. The van der Waals surface area contributed by atoms with Gasteiger partial charge < -0.3 is 9.52 Å². The third-order valence-corrected chi connectivity index (χ3v) is 2.06. The molecule has 4 heteroatoms. The summed E-state index contributed by atoms with van der Waals surface area (Å²) in [6, 6.07) is 5.14. The van der Waals surface area contributed by atoms with Crippen molar-refractivity contribution in [3.8, 4) is 11.3 Å². The zero-order valence-electron chi connectivity index (χ0n) is 8.10. The molecule has 0 aliphatic rings. The molecular weight excluding hydrogens is 194 g/mol. The standard InChI is InChI=1S/C11H9NO3/c1-7-5-8(10-3-2-4-15-10)9(6-12-7)11(13)14/h2-6H,1H3,(H,13,14). The average molecular weight is 203 g/mol. The van der Waals surface area contributed by atoms with Crippen LogP contribution in [0.4, 0.5) is 0 Å². The first-order valence-corrected chi connectivity index (χ1v) is 4.42. The number of carboxylic acids is 1. The summed E-state index contributed by atoms with van der Waals surface area (Å²) in [6.07, 6.45) is 2.85. The van der Waals surface area contributed by atoms with E-state index in [0.717, 1.165) is 5.69 Å². The van der Waals surface area contributed by atoms with Gasteiger partial charge >= 0.3 is 5.97 Å². The molecule has 0 saturated carbocycles. The van der Waals surface area contributed by atoms with Crippen LogP contribution in [0.5, 0.6) is 0 Å². The summed E-state index contributed by atoms with van der Waals surface area (Å²) in [5.41, 5.74) is 1.46. The van der Waals surface area contributed by atoms with Gasteiger partial charge in [-0.05, 0) is 25.1 Å². The van der Waals surface area contributed by atoms with E-state index in [1.54, 1.807) is 25.1 Å². The molecule has 0 aromatic carbocycles. The van der Waals surface area contributed by atoms with Crippen molar-refractivity contribution >= 4 is 5.97 Å². The van der Waals surface area contributed by atoms with Crippen LogP contribution in [0.15, 0.2) is 35.1 Å². The van der Waals surface area contributed by atoms with Crippen molar-refractivity contribution in [2.45, 2.75) is 6.92 Å². The van der Waals surface area contributed by atoms with Crippen molar-refractivity contribution in [3.63, 3.8) is 0 Å². The molecular formula is C11H9NO3. The number of carboxylic acid groups (broad SMARTS) is 1. The lowest BCUT2D eigenvalue weighted by Crippen LogP contribution is -2.01. The van der Waals surface area contributed by atoms with Crippen LogP contribution in [0, 0.1) is 6.92 Å². The van der Waals surface area contributed by atoms with Gasteiger partial charge in [0.1, 0.15) is 5.76 Å². The Morgan fingerprint density at radius 2 is 2.33 bits per heavy atom. The van der Waals surface area contributed by atoms with Crippen LogP contribution in [0.2, 0.25) is 0 Å². The second kappa shape index (κ2) is 3.57. The van der Waals surface area contributed by atoms with Crippen LogP contribution in [0.1, 0.15) is 16.1 Å². The molecule has 0 unspecified atom stereocenters. The number of nitrogens with zero attached hydrogens (tertiary/aromatic N) is 1. The van der Waals surface area contributed by atoms with Crippen molar-refractivity contribution in [1.82, 2.24) is 4.98 Å². The second-order valence-corrected chi connectivity index (χ2v) is 3.15. The molecule has 76 valence electrons. The highest BCUT2D eigenvalue weighted by molar-refractivity contribution is 5.94. The van der Waals surface area contributed by atoms with Gasteiger partial charge in [0.05, 0.1) is 11.8 Å². The Morgan fingerprint density at radius 3 is 2.93 bits per heavy atom. The highest BCUT2D eigenvalue weighted by Crippen LogP contribution is 2.24. The summed E-state index contributed by atoms with van der Waals surface area (Å²) >= 11 is 0. The molecule has 0 fully saturated rings. The maximum absolute atomic E-state index is 10.9. The number of hydrogen-bond acceptors (Lipinski definition) is 3. The van der Waals surface area contributed by atoms with Gasteiger partial charge in [0.25, 0.3) is 0 Å². The molecule has 0 aliphatic heterocycles. The molecule has 2 heterocycles. The van der Waals surface area contributed by atoms with E-state index in [1.165, 1.54) is 12.5 Å². The summed E-state index contributed by atoms with van der Waals surface area (Å²) in [6.45, 7) is 1.80. The third-order valence-electron chi connectivity index (χ3n) is 2.06. The van der Waals surface area contributed by atoms with Crippen molar-refractivity contribution in [2.24, 2.45) is 0 Å². The molecule has 15 heavy (non-hydrogen) atoms. The van der Waals surface area contributed by atoms with Crippen LogP contribution in [0.25, 0.3) is 11.3 Å². The number of pyridine rings is 1. The molecule has 0 spiro atoms. The number of hydrogen-bond donors (Lipinski definition) is 1. The largest absolute Gasteiger partial charge is 0.478 e. The number of aromatic carboxylic acids is 1. The van der Waals surface area contributed by atoms with Crippen LogP contribution >= 0.6 is 0 Å². The molecule has 1 N–H and O–H groups in total. The molecule has 4 nitrogen and oxygen atoms in total. The summed E-state index contributed by atoms with van der Waals surface area (Å²) < 4.78 is 5.17. The first-order valence-electron chi connectivity index (χ1n) is 4.42. The Bertz CT molecular complexity index is 489. The first-order chi connectivity index (χ1) is 7.18. The minimum atomic E-state index is -1.01. The fraction of sp³-hybridized carbons (Fsp3) is 0.0909. The Kier molecular flexibility index (Phi) is 2.25. The van der Waals surface area contributed by atoms with E-state index >= 15 is 0 Å². The quantitative estimate of drug-likeness (QED) is 0.813. The lowest BCUT2D eigenvalue weighted by molar-refractivity contribution is 0.0697. The van der Waals surface area contributed by atoms with Gasteiger partial charge in [-0.15, -0.1) is 0 Å². The SMILES string of the molecule is Cc1cc(-c2ccco2)c(C(=O)O)cn1. The van der Waals surface area contributed by atoms with E-state index in [-0.39, 0.29) is 5.56 Å². The molecule has 0 radical (unpaired) electrons. The van der Waals surface area contributed by atoms with Crippen molar-refractivity contribution in [3.05, 3.63) is 41.9 Å². The van der Waals surface area contributed by atoms with E-state index in [9.17, 15) is 4.79 Å². The van der Waals surface area contributed by atoms with Crippen LogP contribution in [-0.4, -0.2) is 16.1 Å². The number of furan rings is 1. The summed E-state index contributed by atoms with van der Waals surface area (Å²) in [4.78, 5) is 14.9. The Hall–Kier alpha value is -2.10. The predicted molar refractivity (Wildman–Crippen MR) is 53.6 cm³/mol. The normalized spacial score (nSPS) is 10.2. The predicted octanol–water partition coefficient (Wildman–Crippen LogP) is 2.35. The van der Waals surface area contributed by atoms with Gasteiger partial charge in [0, 0.05) is 17.5 Å². The maximum atomic E-state index is 10.9. The minimum Gasteiger partial charge on any atom is -0.478 e. The average Bonchev–Trinajstić information content (AvgIpc) is 2.69. The smallest absolute Gasteiger partial charge is 0.338 e. The Labute approximate surface area is 86.2 Å².